The zero-order valence-corrected chi connectivity index (χ0v) is 23.8. The van der Waals surface area contributed by atoms with Crippen LogP contribution in [0, 0.1) is 21.0 Å². The third-order valence-electron chi connectivity index (χ3n) is 5.76. The van der Waals surface area contributed by atoms with E-state index < -0.39 is 5.97 Å². The van der Waals surface area contributed by atoms with Crippen LogP contribution >= 0.6 is 56.5 Å². The molecule has 0 unspecified atom stereocenters. The molecule has 0 saturated carbocycles. The van der Waals surface area contributed by atoms with Gasteiger partial charge in [0.1, 0.15) is 12.4 Å². The van der Waals surface area contributed by atoms with Gasteiger partial charge in [0, 0.05) is 0 Å². The maximum absolute atomic E-state index is 13.2. The number of hydrogen-bond donors (Lipinski definition) is 1. The van der Waals surface area contributed by atoms with E-state index in [1.165, 1.54) is 11.3 Å². The smallest absolute Gasteiger partial charge is 0.335 e. The second kappa shape index (κ2) is 9.51. The number of hydrogen-bond acceptors (Lipinski definition) is 5. The first-order valence-electron chi connectivity index (χ1n) is 10.6. The summed E-state index contributed by atoms with van der Waals surface area (Å²) in [7, 11) is 0. The zero-order valence-electron chi connectivity index (χ0n) is 18.6. The van der Waals surface area contributed by atoms with E-state index >= 15 is 0 Å². The van der Waals surface area contributed by atoms with Crippen molar-refractivity contribution < 1.29 is 14.6 Å². The second-order valence-corrected chi connectivity index (χ2v) is 11.5. The van der Waals surface area contributed by atoms with Crippen LogP contribution in [0.3, 0.4) is 0 Å². The highest BCUT2D eigenvalue weighted by Gasteiger charge is 2.14. The van der Waals surface area contributed by atoms with Crippen LogP contribution in [0.2, 0.25) is 0 Å². The number of carbonyl (C=O) groups is 1. The van der Waals surface area contributed by atoms with Gasteiger partial charge in [0.15, 0.2) is 4.96 Å². The average Bonchev–Trinajstić information content (AvgIpc) is 3.29. The molecule has 6 nitrogen and oxygen atoms in total. The van der Waals surface area contributed by atoms with Crippen LogP contribution in [0.25, 0.3) is 22.1 Å². The van der Waals surface area contributed by atoms with Gasteiger partial charge < -0.3 is 9.84 Å². The van der Waals surface area contributed by atoms with Gasteiger partial charge in [-0.15, -0.1) is 0 Å². The van der Waals surface area contributed by atoms with Crippen molar-refractivity contribution >= 4 is 84.6 Å². The van der Waals surface area contributed by atoms with Gasteiger partial charge in [0.25, 0.3) is 5.56 Å². The third kappa shape index (κ3) is 4.68. The summed E-state index contributed by atoms with van der Waals surface area (Å²) >= 11 is 5.85. The molecule has 2 aromatic heterocycles. The lowest BCUT2D eigenvalue weighted by molar-refractivity contribution is 0.0697. The first-order valence-corrected chi connectivity index (χ1v) is 13.6. The number of benzene rings is 3. The summed E-state index contributed by atoms with van der Waals surface area (Å²) in [6, 6.07) is 14.7. The van der Waals surface area contributed by atoms with Crippen molar-refractivity contribution in [2.75, 3.05) is 0 Å². The fourth-order valence-electron chi connectivity index (χ4n) is 3.77. The van der Waals surface area contributed by atoms with Gasteiger partial charge in [-0.05, 0) is 124 Å². The summed E-state index contributed by atoms with van der Waals surface area (Å²) in [5.74, 6) is -0.196. The lowest BCUT2D eigenvalue weighted by atomic mass is 10.1. The molecular weight excluding hydrogens is 690 g/mol. The highest BCUT2D eigenvalue weighted by atomic mass is 127. The van der Waals surface area contributed by atoms with Gasteiger partial charge >= 0.3 is 5.97 Å². The molecule has 0 atom stereocenters. The van der Waals surface area contributed by atoms with Crippen LogP contribution in [-0.2, 0) is 6.61 Å². The van der Waals surface area contributed by atoms with Crippen LogP contribution in [-0.4, -0.2) is 20.5 Å². The van der Waals surface area contributed by atoms with Crippen molar-refractivity contribution in [3.05, 3.63) is 98.4 Å². The minimum atomic E-state index is -0.952. The lowest BCUT2D eigenvalue weighted by Crippen LogP contribution is -2.22. The van der Waals surface area contributed by atoms with E-state index in [1.54, 1.807) is 28.7 Å². The molecule has 35 heavy (non-hydrogen) atoms. The Morgan fingerprint density at radius 1 is 1.09 bits per heavy atom. The van der Waals surface area contributed by atoms with E-state index in [1.807, 2.05) is 44.2 Å². The van der Waals surface area contributed by atoms with E-state index in [0.29, 0.717) is 16.1 Å². The van der Waals surface area contributed by atoms with Crippen molar-refractivity contribution in [2.24, 2.45) is 0 Å². The first kappa shape index (κ1) is 24.2. The Bertz CT molecular complexity index is 1720. The SMILES string of the molecule is Cc1cc2nc3s/c(=C\c4cc(I)c(OCc5ccc(C(=O)O)cc5)c(I)c4)c(=O)n3c2cc1C. The number of aromatic nitrogens is 2. The zero-order chi connectivity index (χ0) is 24.9. The quantitative estimate of drug-likeness (QED) is 0.242. The van der Waals surface area contributed by atoms with Crippen LogP contribution in [0.4, 0.5) is 0 Å². The molecule has 3 aromatic carbocycles. The van der Waals surface area contributed by atoms with Crippen molar-refractivity contribution in [2.45, 2.75) is 20.5 Å². The summed E-state index contributed by atoms with van der Waals surface area (Å²) in [5.41, 5.74) is 5.95. The molecule has 0 bridgehead atoms. The number of rotatable bonds is 5. The summed E-state index contributed by atoms with van der Waals surface area (Å²) in [6.45, 7) is 4.41. The highest BCUT2D eigenvalue weighted by Crippen LogP contribution is 2.30. The standard InChI is InChI=1S/C26H18I2N2O4S/c1-13-7-20-21(8-14(13)2)30-24(31)22(35-26(30)29-20)11-16-9-18(27)23(19(28)10-16)34-12-15-3-5-17(6-4-15)25(32)33/h3-11H,12H2,1-2H3,(H,32,33)/b22-11-. The van der Waals surface area contributed by atoms with Gasteiger partial charge in [-0.25, -0.2) is 14.2 Å². The Morgan fingerprint density at radius 2 is 1.74 bits per heavy atom. The number of carboxylic acids is 1. The Labute approximate surface area is 231 Å². The molecule has 0 fully saturated rings. The minimum Gasteiger partial charge on any atom is -0.487 e. The molecule has 5 rings (SSSR count). The summed E-state index contributed by atoms with van der Waals surface area (Å²) in [5, 5.41) is 9.04. The summed E-state index contributed by atoms with van der Waals surface area (Å²) in [6.07, 6.45) is 1.90. The minimum absolute atomic E-state index is 0.0640. The second-order valence-electron chi connectivity index (χ2n) is 8.18. The highest BCUT2D eigenvalue weighted by molar-refractivity contribution is 14.1. The molecule has 1 N–H and O–H groups in total. The predicted molar refractivity (Wildman–Crippen MR) is 155 cm³/mol. The van der Waals surface area contributed by atoms with Crippen LogP contribution in [0.1, 0.15) is 32.6 Å². The summed E-state index contributed by atoms with van der Waals surface area (Å²) in [4.78, 5) is 29.6. The lowest BCUT2D eigenvalue weighted by Gasteiger charge is -2.11. The maximum Gasteiger partial charge on any atom is 0.335 e. The van der Waals surface area contributed by atoms with Gasteiger partial charge in [-0.1, -0.05) is 23.5 Å². The van der Waals surface area contributed by atoms with Crippen LogP contribution in [0.15, 0.2) is 53.3 Å². The number of aromatic carboxylic acids is 1. The molecule has 0 saturated heterocycles. The summed E-state index contributed by atoms with van der Waals surface area (Å²) < 4.78 is 10.2. The van der Waals surface area contributed by atoms with E-state index in [-0.39, 0.29) is 11.1 Å². The molecular formula is C26H18I2N2O4S. The van der Waals surface area contributed by atoms with Crippen LogP contribution < -0.4 is 14.8 Å². The molecule has 176 valence electrons. The molecule has 9 heteroatoms. The Balaban J connectivity index is 1.45. The van der Waals surface area contributed by atoms with Crippen molar-refractivity contribution in [1.82, 2.24) is 9.38 Å². The normalized spacial score (nSPS) is 12.1. The third-order valence-corrected chi connectivity index (χ3v) is 8.33. The number of imidazole rings is 1. The van der Waals surface area contributed by atoms with E-state index in [2.05, 4.69) is 50.2 Å². The van der Waals surface area contributed by atoms with Crippen LogP contribution in [0.5, 0.6) is 5.75 Å². The van der Waals surface area contributed by atoms with Crippen molar-refractivity contribution in [3.8, 4) is 5.75 Å². The molecule has 0 aliphatic carbocycles. The molecule has 2 heterocycles. The van der Waals surface area contributed by atoms with Gasteiger partial charge in [0.05, 0.1) is 28.3 Å². The van der Waals surface area contributed by atoms with E-state index in [0.717, 1.165) is 46.2 Å². The van der Waals surface area contributed by atoms with Gasteiger partial charge in [0.2, 0.25) is 0 Å². The monoisotopic (exact) mass is 708 g/mol. The number of thiazole rings is 1. The number of nitrogens with zero attached hydrogens (tertiary/aromatic N) is 2. The number of fused-ring (bicyclic) bond motifs is 3. The molecule has 0 amide bonds. The first-order chi connectivity index (χ1) is 16.7. The topological polar surface area (TPSA) is 80.9 Å². The molecule has 5 aromatic rings. The van der Waals surface area contributed by atoms with Crippen molar-refractivity contribution in [1.29, 1.82) is 0 Å². The number of aryl methyl sites for hydroxylation is 2. The molecule has 0 spiro atoms. The predicted octanol–water partition coefficient (Wildman–Crippen LogP) is 5.56. The van der Waals surface area contributed by atoms with E-state index in [9.17, 15) is 9.59 Å². The number of halogens is 2. The number of carboxylic acid groups (broad SMARTS) is 1. The van der Waals surface area contributed by atoms with Crippen molar-refractivity contribution in [3.63, 3.8) is 0 Å². The Hall–Kier alpha value is -2.51. The van der Waals surface area contributed by atoms with Gasteiger partial charge in [-0.3, -0.25) is 4.79 Å². The molecule has 0 aliphatic heterocycles. The average molecular weight is 708 g/mol. The fourth-order valence-corrected chi connectivity index (χ4v) is 6.88. The molecule has 0 radical (unpaired) electrons. The molecule has 0 aliphatic rings. The maximum atomic E-state index is 13.2. The van der Waals surface area contributed by atoms with Gasteiger partial charge in [-0.2, -0.15) is 0 Å². The fraction of sp³-hybridized carbons (Fsp3) is 0.115. The Kier molecular flexibility index (Phi) is 6.57. The Morgan fingerprint density at radius 3 is 2.40 bits per heavy atom. The van der Waals surface area contributed by atoms with E-state index in [4.69, 9.17) is 9.84 Å². The number of ether oxygens (including phenoxy) is 1. The largest absolute Gasteiger partial charge is 0.487 e.